The number of fused-ring (bicyclic) bond motifs is 2. The van der Waals surface area contributed by atoms with Crippen molar-refractivity contribution < 1.29 is 27.9 Å². The van der Waals surface area contributed by atoms with Crippen LogP contribution in [0, 0.1) is 0 Å². The zero-order valence-corrected chi connectivity index (χ0v) is 17.0. The van der Waals surface area contributed by atoms with Crippen LogP contribution >= 0.6 is 0 Å². The Bertz CT molecular complexity index is 1450. The fourth-order valence-electron chi connectivity index (χ4n) is 2.82. The molecule has 4 rings (SSSR count). The van der Waals surface area contributed by atoms with E-state index in [-0.39, 0.29) is 33.5 Å². The molecule has 0 radical (unpaired) electrons. The number of nitrogens with two attached hydrogens (primary N) is 2. The first-order chi connectivity index (χ1) is 15.2. The zero-order valence-electron chi connectivity index (χ0n) is 17.0. The molecule has 0 saturated heterocycles. The third-order valence-corrected chi connectivity index (χ3v) is 4.36. The summed E-state index contributed by atoms with van der Waals surface area (Å²) in [5.41, 5.74) is 9.97. The van der Waals surface area contributed by atoms with Crippen molar-refractivity contribution >= 4 is 33.8 Å². The van der Waals surface area contributed by atoms with Crippen molar-refractivity contribution in [3.8, 4) is 11.5 Å². The van der Waals surface area contributed by atoms with Gasteiger partial charge in [0, 0.05) is 18.2 Å². The van der Waals surface area contributed by atoms with Gasteiger partial charge < -0.3 is 29.8 Å². The lowest BCUT2D eigenvalue weighted by atomic mass is 10.2. The molecule has 2 amide bonds. The van der Waals surface area contributed by atoms with E-state index >= 15 is 0 Å². The van der Waals surface area contributed by atoms with Gasteiger partial charge in [-0.2, -0.15) is 0 Å². The van der Waals surface area contributed by atoms with E-state index in [0.29, 0.717) is 22.3 Å². The quantitative estimate of drug-likeness (QED) is 0.487. The molecule has 32 heavy (non-hydrogen) atoms. The summed E-state index contributed by atoms with van der Waals surface area (Å²) in [6.07, 6.45) is 0. The molecule has 0 spiro atoms. The number of methoxy groups -OCH3 is 2. The highest BCUT2D eigenvalue weighted by molar-refractivity contribution is 5.93. The van der Waals surface area contributed by atoms with Gasteiger partial charge in [-0.25, -0.2) is 0 Å². The summed E-state index contributed by atoms with van der Waals surface area (Å²) >= 11 is 0. The lowest BCUT2D eigenvalue weighted by molar-refractivity contribution is 0.0966. The first-order valence-electron chi connectivity index (χ1n) is 9.07. The largest absolute Gasteiger partial charge is 0.497 e. The summed E-state index contributed by atoms with van der Waals surface area (Å²) < 4.78 is 20.4. The van der Waals surface area contributed by atoms with E-state index in [1.807, 2.05) is 0 Å². The van der Waals surface area contributed by atoms with Crippen molar-refractivity contribution in [1.29, 1.82) is 0 Å². The van der Waals surface area contributed by atoms with Gasteiger partial charge in [0.15, 0.2) is 33.7 Å². The van der Waals surface area contributed by atoms with Gasteiger partial charge in [-0.3, -0.25) is 19.2 Å². The Morgan fingerprint density at radius 3 is 2.00 bits per heavy atom. The van der Waals surface area contributed by atoms with Crippen LogP contribution in [0.4, 0.5) is 0 Å². The minimum absolute atomic E-state index is 0.161. The van der Waals surface area contributed by atoms with Crippen LogP contribution in [0.25, 0.3) is 21.9 Å². The van der Waals surface area contributed by atoms with E-state index in [1.165, 1.54) is 20.3 Å². The highest BCUT2D eigenvalue weighted by Gasteiger charge is 2.12. The summed E-state index contributed by atoms with van der Waals surface area (Å²) in [5, 5.41) is 0.732. The monoisotopic (exact) mass is 438 g/mol. The summed E-state index contributed by atoms with van der Waals surface area (Å²) in [4.78, 5) is 45.1. The van der Waals surface area contributed by atoms with Crippen LogP contribution in [-0.2, 0) is 0 Å². The molecule has 0 aliphatic rings. The van der Waals surface area contributed by atoms with Crippen LogP contribution in [0.5, 0.6) is 11.5 Å². The Morgan fingerprint density at radius 1 is 0.781 bits per heavy atom. The molecular formula is C22H18N2O8. The van der Waals surface area contributed by atoms with Crippen molar-refractivity contribution in [3.63, 3.8) is 0 Å². The number of hydrogen-bond acceptors (Lipinski definition) is 8. The van der Waals surface area contributed by atoms with Gasteiger partial charge >= 0.3 is 0 Å². The maximum absolute atomic E-state index is 11.6. The standard InChI is InChI=1S/2C11H9NO4/c1-15-6-2-3-7-8(13)5-10(11(12)14)16-9(7)4-6;1-15-8-4-2-3-6-7(13)5-9(11(12)14)16-10(6)8/h2*2-5H,1H3,(H2,12,14). The summed E-state index contributed by atoms with van der Waals surface area (Å²) in [6, 6.07) is 11.8. The molecule has 0 bridgehead atoms. The molecule has 0 saturated carbocycles. The Morgan fingerprint density at radius 2 is 1.41 bits per heavy atom. The van der Waals surface area contributed by atoms with Crippen LogP contribution in [0.1, 0.15) is 21.1 Å². The predicted molar refractivity (Wildman–Crippen MR) is 115 cm³/mol. The van der Waals surface area contributed by atoms with Crippen LogP contribution in [0.15, 0.2) is 67.0 Å². The smallest absolute Gasteiger partial charge is 0.284 e. The zero-order chi connectivity index (χ0) is 23.4. The van der Waals surface area contributed by atoms with E-state index in [9.17, 15) is 19.2 Å². The number of ether oxygens (including phenoxy) is 2. The predicted octanol–water partition coefficient (Wildman–Crippen LogP) is 1.80. The molecule has 164 valence electrons. The molecule has 0 unspecified atom stereocenters. The Kier molecular flexibility index (Phi) is 6.24. The van der Waals surface area contributed by atoms with Crippen LogP contribution in [-0.4, -0.2) is 26.0 Å². The number of hydrogen-bond donors (Lipinski definition) is 2. The molecule has 2 heterocycles. The van der Waals surface area contributed by atoms with Gasteiger partial charge in [-0.05, 0) is 24.3 Å². The molecule has 4 aromatic rings. The van der Waals surface area contributed by atoms with Crippen LogP contribution in [0.2, 0.25) is 0 Å². The van der Waals surface area contributed by atoms with Crippen molar-refractivity contribution in [2.75, 3.05) is 14.2 Å². The molecule has 0 fully saturated rings. The maximum atomic E-state index is 11.6. The van der Waals surface area contributed by atoms with Crippen molar-refractivity contribution in [2.24, 2.45) is 11.5 Å². The second-order valence-electron chi connectivity index (χ2n) is 6.38. The fourth-order valence-corrected chi connectivity index (χ4v) is 2.82. The van der Waals surface area contributed by atoms with E-state index in [0.717, 1.165) is 12.1 Å². The Balaban J connectivity index is 0.000000181. The lowest BCUT2D eigenvalue weighted by Gasteiger charge is -2.04. The van der Waals surface area contributed by atoms with E-state index in [2.05, 4.69) is 0 Å². The maximum Gasteiger partial charge on any atom is 0.284 e. The highest BCUT2D eigenvalue weighted by atomic mass is 16.5. The second kappa shape index (κ2) is 9.04. The molecule has 2 aromatic carbocycles. The number of carbonyl (C=O) groups is 2. The van der Waals surface area contributed by atoms with E-state index < -0.39 is 11.8 Å². The number of benzene rings is 2. The molecular weight excluding hydrogens is 420 g/mol. The topological polar surface area (TPSA) is 165 Å². The molecule has 0 atom stereocenters. The molecule has 2 aromatic heterocycles. The Labute approximate surface area is 179 Å². The van der Waals surface area contributed by atoms with Crippen molar-refractivity contribution in [1.82, 2.24) is 0 Å². The molecule has 10 heteroatoms. The molecule has 0 aliphatic carbocycles. The second-order valence-corrected chi connectivity index (χ2v) is 6.38. The number of amides is 2. The molecule has 10 nitrogen and oxygen atoms in total. The van der Waals surface area contributed by atoms with E-state index in [1.54, 1.807) is 30.3 Å². The normalized spacial score (nSPS) is 10.3. The SMILES string of the molecule is COc1ccc2c(=O)cc(C(N)=O)oc2c1.COc1cccc2c(=O)cc(C(N)=O)oc12. The lowest BCUT2D eigenvalue weighted by Crippen LogP contribution is -2.14. The third-order valence-electron chi connectivity index (χ3n) is 4.36. The molecule has 4 N–H and O–H groups in total. The first-order valence-corrected chi connectivity index (χ1v) is 9.07. The number of primary amides is 2. The number of para-hydroxylation sites is 1. The highest BCUT2D eigenvalue weighted by Crippen LogP contribution is 2.23. The van der Waals surface area contributed by atoms with Gasteiger partial charge in [0.2, 0.25) is 0 Å². The van der Waals surface area contributed by atoms with Gasteiger partial charge in [0.25, 0.3) is 11.8 Å². The van der Waals surface area contributed by atoms with Gasteiger partial charge in [0.05, 0.1) is 25.0 Å². The minimum atomic E-state index is -0.787. The third kappa shape index (κ3) is 4.43. The van der Waals surface area contributed by atoms with Gasteiger partial charge in [-0.1, -0.05) is 6.07 Å². The van der Waals surface area contributed by atoms with Crippen LogP contribution in [0.3, 0.4) is 0 Å². The van der Waals surface area contributed by atoms with Crippen LogP contribution < -0.4 is 31.8 Å². The minimum Gasteiger partial charge on any atom is -0.497 e. The van der Waals surface area contributed by atoms with Crippen molar-refractivity contribution in [3.05, 3.63) is 80.5 Å². The van der Waals surface area contributed by atoms with Crippen molar-refractivity contribution in [2.45, 2.75) is 0 Å². The summed E-state index contributed by atoms with van der Waals surface area (Å²) in [7, 11) is 2.95. The first kappa shape index (κ1) is 22.1. The summed E-state index contributed by atoms with van der Waals surface area (Å²) in [5.74, 6) is -0.977. The number of rotatable bonds is 4. The molecule has 0 aliphatic heterocycles. The van der Waals surface area contributed by atoms with Gasteiger partial charge in [0.1, 0.15) is 11.3 Å². The fraction of sp³-hybridized carbons (Fsp3) is 0.0909. The average Bonchev–Trinajstić information content (AvgIpc) is 2.78. The number of carbonyl (C=O) groups excluding carboxylic acids is 2. The Hall–Kier alpha value is -4.60. The summed E-state index contributed by atoms with van der Waals surface area (Å²) in [6.45, 7) is 0. The van der Waals surface area contributed by atoms with Gasteiger partial charge in [-0.15, -0.1) is 0 Å². The average molecular weight is 438 g/mol. The van der Waals surface area contributed by atoms with E-state index in [4.69, 9.17) is 29.8 Å².